The molecule has 5 nitrogen and oxygen atoms in total. The maximum absolute atomic E-state index is 11.3. The van der Waals surface area contributed by atoms with Crippen LogP contribution in [0.5, 0.6) is 0 Å². The van der Waals surface area contributed by atoms with E-state index in [1.807, 2.05) is 0 Å². The van der Waals surface area contributed by atoms with Crippen molar-refractivity contribution in [1.82, 2.24) is 9.80 Å². The summed E-state index contributed by atoms with van der Waals surface area (Å²) in [5.74, 6) is -0.360. The van der Waals surface area contributed by atoms with Crippen molar-refractivity contribution in [2.24, 2.45) is 11.5 Å². The molecule has 5 heteroatoms. The molecule has 1 fully saturated rings. The second-order valence-electron chi connectivity index (χ2n) is 5.55. The molecule has 1 amide bonds. The number of carbonyl (C=O) groups is 1. The molecule has 2 unspecified atom stereocenters. The quantitative estimate of drug-likeness (QED) is 0.665. The van der Waals surface area contributed by atoms with Crippen LogP contribution in [-0.2, 0) is 4.79 Å². The summed E-state index contributed by atoms with van der Waals surface area (Å²) < 4.78 is 0. The molecule has 1 rings (SSSR count). The molecular formula is C12H26N4O. The molecule has 0 heterocycles. The number of carbonyl (C=O) groups excluding carboxylic acids is 1. The van der Waals surface area contributed by atoms with Gasteiger partial charge in [-0.15, -0.1) is 0 Å². The number of nitrogens with two attached hydrogens (primary N) is 2. The average Bonchev–Trinajstić information content (AvgIpc) is 2.62. The first-order chi connectivity index (χ1) is 7.85. The fourth-order valence-electron chi connectivity index (χ4n) is 2.47. The summed E-state index contributed by atoms with van der Waals surface area (Å²) in [6, 6.07) is 0.398. The van der Waals surface area contributed by atoms with E-state index in [0.29, 0.717) is 18.9 Å². The highest BCUT2D eigenvalue weighted by Gasteiger charge is 2.41. The minimum atomic E-state index is -0.777. The number of nitrogens with zero attached hydrogens (tertiary/aromatic N) is 2. The van der Waals surface area contributed by atoms with Crippen molar-refractivity contribution in [1.29, 1.82) is 0 Å². The van der Waals surface area contributed by atoms with E-state index in [4.69, 9.17) is 11.5 Å². The summed E-state index contributed by atoms with van der Waals surface area (Å²) in [5.41, 5.74) is 10.6. The molecular weight excluding hydrogens is 216 g/mol. The minimum absolute atomic E-state index is 0.360. The van der Waals surface area contributed by atoms with Crippen molar-refractivity contribution in [3.05, 3.63) is 0 Å². The highest BCUT2D eigenvalue weighted by Crippen LogP contribution is 2.30. The van der Waals surface area contributed by atoms with Crippen LogP contribution in [0.2, 0.25) is 0 Å². The summed E-state index contributed by atoms with van der Waals surface area (Å²) in [4.78, 5) is 15.8. The first-order valence-electron chi connectivity index (χ1n) is 6.29. The predicted octanol–water partition coefficient (Wildman–Crippen LogP) is -0.395. The van der Waals surface area contributed by atoms with E-state index < -0.39 is 5.54 Å². The fraction of sp³-hybridized carbons (Fsp3) is 0.917. The number of rotatable bonds is 6. The standard InChI is InChI=1S/C12H26N4O/c1-15(2)7-4-8-16(3)10-5-6-12(14,9-10)11(13)17/h10H,4-9,14H2,1-3H3,(H2,13,17). The Morgan fingerprint density at radius 2 is 2.00 bits per heavy atom. The Morgan fingerprint density at radius 1 is 1.35 bits per heavy atom. The van der Waals surface area contributed by atoms with Crippen molar-refractivity contribution in [3.8, 4) is 0 Å². The van der Waals surface area contributed by atoms with Gasteiger partial charge in [0.05, 0.1) is 5.54 Å². The van der Waals surface area contributed by atoms with Gasteiger partial charge in [-0.3, -0.25) is 4.79 Å². The van der Waals surface area contributed by atoms with E-state index in [2.05, 4.69) is 30.9 Å². The van der Waals surface area contributed by atoms with Gasteiger partial charge in [-0.05, 0) is 59.9 Å². The summed E-state index contributed by atoms with van der Waals surface area (Å²) in [6.45, 7) is 2.12. The third kappa shape index (κ3) is 3.94. The number of hydrogen-bond donors (Lipinski definition) is 2. The zero-order valence-corrected chi connectivity index (χ0v) is 11.3. The van der Waals surface area contributed by atoms with Crippen LogP contribution in [0.1, 0.15) is 25.7 Å². The van der Waals surface area contributed by atoms with E-state index in [1.54, 1.807) is 0 Å². The van der Waals surface area contributed by atoms with Gasteiger partial charge >= 0.3 is 0 Å². The molecule has 1 aliphatic rings. The van der Waals surface area contributed by atoms with E-state index >= 15 is 0 Å². The molecule has 0 aromatic rings. The molecule has 0 aromatic carbocycles. The molecule has 0 saturated heterocycles. The van der Waals surface area contributed by atoms with Crippen LogP contribution in [0, 0.1) is 0 Å². The molecule has 4 N–H and O–H groups in total. The van der Waals surface area contributed by atoms with E-state index in [1.165, 1.54) is 0 Å². The van der Waals surface area contributed by atoms with Gasteiger partial charge in [-0.25, -0.2) is 0 Å². The second kappa shape index (κ2) is 5.80. The second-order valence-corrected chi connectivity index (χ2v) is 5.55. The van der Waals surface area contributed by atoms with Crippen molar-refractivity contribution < 1.29 is 4.79 Å². The fourth-order valence-corrected chi connectivity index (χ4v) is 2.47. The Hall–Kier alpha value is -0.650. The van der Waals surface area contributed by atoms with E-state index in [0.717, 1.165) is 25.9 Å². The molecule has 0 aliphatic heterocycles. The monoisotopic (exact) mass is 242 g/mol. The Kier molecular flexibility index (Phi) is 4.91. The highest BCUT2D eigenvalue weighted by atomic mass is 16.1. The zero-order valence-electron chi connectivity index (χ0n) is 11.3. The van der Waals surface area contributed by atoms with Gasteiger partial charge in [0, 0.05) is 6.04 Å². The van der Waals surface area contributed by atoms with Crippen molar-refractivity contribution >= 4 is 5.91 Å². The van der Waals surface area contributed by atoms with Crippen LogP contribution in [0.4, 0.5) is 0 Å². The minimum Gasteiger partial charge on any atom is -0.368 e. The lowest BCUT2D eigenvalue weighted by molar-refractivity contribution is -0.123. The highest BCUT2D eigenvalue weighted by molar-refractivity contribution is 5.84. The lowest BCUT2D eigenvalue weighted by Gasteiger charge is -2.26. The lowest BCUT2D eigenvalue weighted by atomic mass is 9.98. The van der Waals surface area contributed by atoms with Crippen LogP contribution >= 0.6 is 0 Å². The topological polar surface area (TPSA) is 75.6 Å². The molecule has 0 radical (unpaired) electrons. The first-order valence-corrected chi connectivity index (χ1v) is 6.29. The van der Waals surface area contributed by atoms with Gasteiger partial charge in [-0.2, -0.15) is 0 Å². The van der Waals surface area contributed by atoms with Gasteiger partial charge in [0.15, 0.2) is 0 Å². The van der Waals surface area contributed by atoms with E-state index in [9.17, 15) is 4.79 Å². The van der Waals surface area contributed by atoms with E-state index in [-0.39, 0.29) is 5.91 Å². The van der Waals surface area contributed by atoms with Gasteiger partial charge in [0.25, 0.3) is 0 Å². The SMILES string of the molecule is CN(C)CCCN(C)C1CCC(N)(C(N)=O)C1. The Morgan fingerprint density at radius 3 is 2.47 bits per heavy atom. The largest absolute Gasteiger partial charge is 0.368 e. The van der Waals surface area contributed by atoms with Crippen LogP contribution in [0.3, 0.4) is 0 Å². The summed E-state index contributed by atoms with van der Waals surface area (Å²) in [6.07, 6.45) is 3.51. The van der Waals surface area contributed by atoms with Gasteiger partial charge in [-0.1, -0.05) is 0 Å². The number of amides is 1. The van der Waals surface area contributed by atoms with Gasteiger partial charge in [0.1, 0.15) is 0 Å². The number of primary amides is 1. The van der Waals surface area contributed by atoms with Crippen LogP contribution in [0.15, 0.2) is 0 Å². The normalized spacial score (nSPS) is 29.2. The molecule has 0 spiro atoms. The van der Waals surface area contributed by atoms with Gasteiger partial charge in [0.2, 0.25) is 5.91 Å². The Balaban J connectivity index is 2.35. The van der Waals surface area contributed by atoms with Crippen LogP contribution in [0.25, 0.3) is 0 Å². The maximum atomic E-state index is 11.3. The zero-order chi connectivity index (χ0) is 13.1. The summed E-state index contributed by atoms with van der Waals surface area (Å²) in [7, 11) is 6.26. The molecule has 2 atom stereocenters. The smallest absolute Gasteiger partial charge is 0.237 e. The molecule has 0 aromatic heterocycles. The van der Waals surface area contributed by atoms with Crippen molar-refractivity contribution in [2.75, 3.05) is 34.2 Å². The van der Waals surface area contributed by atoms with Crippen molar-refractivity contribution in [2.45, 2.75) is 37.3 Å². The summed E-state index contributed by atoms with van der Waals surface area (Å²) in [5, 5.41) is 0. The molecule has 1 aliphatic carbocycles. The summed E-state index contributed by atoms with van der Waals surface area (Å²) >= 11 is 0. The Labute approximate surface area is 104 Å². The molecule has 1 saturated carbocycles. The Bertz CT molecular complexity index is 269. The lowest BCUT2D eigenvalue weighted by Crippen LogP contribution is -2.51. The molecule has 17 heavy (non-hydrogen) atoms. The molecule has 0 bridgehead atoms. The number of hydrogen-bond acceptors (Lipinski definition) is 4. The average molecular weight is 242 g/mol. The third-order valence-corrected chi connectivity index (χ3v) is 3.75. The van der Waals surface area contributed by atoms with Crippen LogP contribution < -0.4 is 11.5 Å². The van der Waals surface area contributed by atoms with Crippen LogP contribution in [-0.4, -0.2) is 61.5 Å². The maximum Gasteiger partial charge on any atom is 0.237 e. The third-order valence-electron chi connectivity index (χ3n) is 3.75. The molecule has 100 valence electrons. The van der Waals surface area contributed by atoms with Crippen molar-refractivity contribution in [3.63, 3.8) is 0 Å². The predicted molar refractivity (Wildman–Crippen MR) is 69.6 cm³/mol. The first kappa shape index (κ1) is 14.4. The van der Waals surface area contributed by atoms with Gasteiger partial charge < -0.3 is 21.3 Å².